The van der Waals surface area contributed by atoms with E-state index in [1.165, 1.54) is 70.3 Å². The number of carbonyl (C=O) groups is 1. The summed E-state index contributed by atoms with van der Waals surface area (Å²) in [6.07, 6.45) is 14.3. The van der Waals surface area contributed by atoms with Gasteiger partial charge in [-0.2, -0.15) is 0 Å². The molecule has 1 aromatic carbocycles. The van der Waals surface area contributed by atoms with Crippen LogP contribution in [0.1, 0.15) is 124 Å². The smallest absolute Gasteiger partial charge is 0.308 e. The zero-order valence-electron chi connectivity index (χ0n) is 22.1. The van der Waals surface area contributed by atoms with Crippen molar-refractivity contribution in [1.29, 1.82) is 0 Å². The lowest BCUT2D eigenvalue weighted by Gasteiger charge is -2.42. The second kappa shape index (κ2) is 11.4. The maximum atomic E-state index is 11.1. The largest absolute Gasteiger partial charge is 0.427 e. The Bertz CT molecular complexity index is 736. The fourth-order valence-electron chi connectivity index (χ4n) is 6.37. The Morgan fingerprint density at radius 3 is 1.88 bits per heavy atom. The average Bonchev–Trinajstić information content (AvgIpc) is 2.79. The van der Waals surface area contributed by atoms with Crippen LogP contribution in [0.4, 0.5) is 0 Å². The second-order valence-electron chi connectivity index (χ2n) is 11.9. The van der Waals surface area contributed by atoms with Crippen molar-refractivity contribution in [2.75, 3.05) is 0 Å². The molecule has 1 unspecified atom stereocenters. The van der Waals surface area contributed by atoms with E-state index < -0.39 is 0 Å². The van der Waals surface area contributed by atoms with E-state index in [0.717, 1.165) is 24.7 Å². The van der Waals surface area contributed by atoms with Gasteiger partial charge in [0, 0.05) is 6.92 Å². The lowest BCUT2D eigenvalue weighted by Crippen LogP contribution is -2.39. The van der Waals surface area contributed by atoms with E-state index in [4.69, 9.17) is 9.47 Å². The summed E-state index contributed by atoms with van der Waals surface area (Å²) >= 11 is 0. The van der Waals surface area contributed by atoms with E-state index in [1.807, 2.05) is 12.1 Å². The average molecular weight is 457 g/mol. The van der Waals surface area contributed by atoms with Crippen LogP contribution in [-0.4, -0.2) is 17.7 Å². The van der Waals surface area contributed by atoms with Crippen molar-refractivity contribution in [2.45, 2.75) is 130 Å². The van der Waals surface area contributed by atoms with Crippen molar-refractivity contribution in [3.05, 3.63) is 29.8 Å². The summed E-state index contributed by atoms with van der Waals surface area (Å²) in [4.78, 5) is 11.1. The predicted octanol–water partition coefficient (Wildman–Crippen LogP) is 8.46. The van der Waals surface area contributed by atoms with Crippen LogP contribution in [0.15, 0.2) is 24.3 Å². The molecule has 0 saturated heterocycles. The molecular weight excluding hydrogens is 408 g/mol. The quantitative estimate of drug-likeness (QED) is 0.276. The molecular formula is C30H48O3. The Morgan fingerprint density at radius 1 is 0.848 bits per heavy atom. The lowest BCUT2D eigenvalue weighted by molar-refractivity contribution is -0.131. The van der Waals surface area contributed by atoms with Gasteiger partial charge in [-0.25, -0.2) is 0 Å². The van der Waals surface area contributed by atoms with E-state index in [-0.39, 0.29) is 11.6 Å². The molecule has 0 spiro atoms. The maximum absolute atomic E-state index is 11.1. The zero-order valence-corrected chi connectivity index (χ0v) is 22.1. The maximum Gasteiger partial charge on any atom is 0.308 e. The molecule has 186 valence electrons. The number of rotatable bonds is 9. The first-order valence-electron chi connectivity index (χ1n) is 13.6. The van der Waals surface area contributed by atoms with Gasteiger partial charge in [-0.1, -0.05) is 46.2 Å². The molecule has 2 saturated carbocycles. The van der Waals surface area contributed by atoms with Crippen molar-refractivity contribution in [2.24, 2.45) is 17.3 Å². The van der Waals surface area contributed by atoms with Crippen LogP contribution in [0, 0.1) is 17.3 Å². The fourth-order valence-corrected chi connectivity index (χ4v) is 6.37. The summed E-state index contributed by atoms with van der Waals surface area (Å²) in [5.41, 5.74) is 1.76. The third-order valence-corrected chi connectivity index (χ3v) is 8.78. The summed E-state index contributed by atoms with van der Waals surface area (Å²) in [5.74, 6) is 2.82. The van der Waals surface area contributed by atoms with Crippen LogP contribution in [0.25, 0.3) is 0 Å². The minimum absolute atomic E-state index is 0.0140. The highest BCUT2D eigenvalue weighted by atomic mass is 16.5. The highest BCUT2D eigenvalue weighted by Crippen LogP contribution is 2.44. The van der Waals surface area contributed by atoms with Crippen molar-refractivity contribution in [1.82, 2.24) is 0 Å². The zero-order chi connectivity index (χ0) is 24.1. The summed E-state index contributed by atoms with van der Waals surface area (Å²) < 4.78 is 12.0. The third kappa shape index (κ3) is 7.57. The Balaban J connectivity index is 1.44. The molecule has 0 aromatic heterocycles. The molecule has 1 atom stereocenters. The minimum atomic E-state index is -0.257. The number of hydrogen-bond acceptors (Lipinski definition) is 3. The van der Waals surface area contributed by atoms with Crippen LogP contribution in [-0.2, 0) is 9.53 Å². The monoisotopic (exact) mass is 456 g/mol. The van der Waals surface area contributed by atoms with Gasteiger partial charge in [0.2, 0.25) is 0 Å². The molecule has 2 aliphatic carbocycles. The molecule has 3 heteroatoms. The second-order valence-corrected chi connectivity index (χ2v) is 11.9. The van der Waals surface area contributed by atoms with E-state index in [9.17, 15) is 4.79 Å². The molecule has 0 amide bonds. The van der Waals surface area contributed by atoms with Crippen LogP contribution < -0.4 is 4.74 Å². The van der Waals surface area contributed by atoms with Crippen LogP contribution in [0.2, 0.25) is 0 Å². The highest BCUT2D eigenvalue weighted by molar-refractivity contribution is 5.69. The molecule has 2 aliphatic rings. The molecule has 33 heavy (non-hydrogen) atoms. The number of benzene rings is 1. The SMILES string of the molecule is CCC(C)(C)CC(C)(CC)OC1CCC(C2CCC(c3ccc(OC(C)=O)cc3)CC2)CC1. The summed E-state index contributed by atoms with van der Waals surface area (Å²) in [5, 5.41) is 0. The minimum Gasteiger partial charge on any atom is -0.427 e. The summed E-state index contributed by atoms with van der Waals surface area (Å²) in [6.45, 7) is 13.1. The molecule has 0 heterocycles. The number of carbonyl (C=O) groups excluding carboxylic acids is 1. The molecule has 3 rings (SSSR count). The Hall–Kier alpha value is -1.35. The van der Waals surface area contributed by atoms with Crippen molar-refractivity contribution in [3.63, 3.8) is 0 Å². The van der Waals surface area contributed by atoms with Gasteiger partial charge >= 0.3 is 5.97 Å². The molecule has 3 nitrogen and oxygen atoms in total. The Kier molecular flexibility index (Phi) is 9.06. The van der Waals surface area contributed by atoms with Crippen LogP contribution >= 0.6 is 0 Å². The molecule has 0 N–H and O–H groups in total. The number of hydrogen-bond donors (Lipinski definition) is 0. The Morgan fingerprint density at radius 2 is 1.39 bits per heavy atom. The molecule has 0 aliphatic heterocycles. The van der Waals surface area contributed by atoms with Crippen LogP contribution in [0.5, 0.6) is 5.75 Å². The van der Waals surface area contributed by atoms with Gasteiger partial charge in [0.15, 0.2) is 0 Å². The molecule has 1 aromatic rings. The highest BCUT2D eigenvalue weighted by Gasteiger charge is 2.36. The summed E-state index contributed by atoms with van der Waals surface area (Å²) in [7, 11) is 0. The lowest BCUT2D eigenvalue weighted by atomic mass is 9.69. The van der Waals surface area contributed by atoms with Gasteiger partial charge < -0.3 is 9.47 Å². The molecule has 2 fully saturated rings. The predicted molar refractivity (Wildman–Crippen MR) is 137 cm³/mol. The van der Waals surface area contributed by atoms with Crippen molar-refractivity contribution < 1.29 is 14.3 Å². The van der Waals surface area contributed by atoms with Gasteiger partial charge in [-0.3, -0.25) is 4.79 Å². The van der Waals surface area contributed by atoms with Crippen molar-refractivity contribution >= 4 is 5.97 Å². The first-order valence-corrected chi connectivity index (χ1v) is 13.6. The number of ether oxygens (including phenoxy) is 2. The third-order valence-electron chi connectivity index (χ3n) is 8.78. The molecule has 0 radical (unpaired) electrons. The van der Waals surface area contributed by atoms with E-state index in [2.05, 4.69) is 46.8 Å². The van der Waals surface area contributed by atoms with Gasteiger partial charge in [0.25, 0.3) is 0 Å². The standard InChI is InChI=1S/C30H48O3/c1-7-29(4,5)21-30(6,8-2)33-28-19-15-26(16-20-28)24-11-9-23(10-12-24)25-13-17-27(18-14-25)32-22(3)31/h13-14,17-18,23-24,26,28H,7-12,15-16,19-21H2,1-6H3. The van der Waals surface area contributed by atoms with E-state index in [1.54, 1.807) is 0 Å². The fraction of sp³-hybridized carbons (Fsp3) is 0.767. The van der Waals surface area contributed by atoms with Gasteiger partial charge in [0.05, 0.1) is 11.7 Å². The van der Waals surface area contributed by atoms with Gasteiger partial charge in [-0.15, -0.1) is 0 Å². The first kappa shape index (κ1) is 26.3. The normalized spacial score (nSPS) is 28.2. The van der Waals surface area contributed by atoms with Crippen molar-refractivity contribution in [3.8, 4) is 5.75 Å². The van der Waals surface area contributed by atoms with Crippen LogP contribution in [0.3, 0.4) is 0 Å². The number of esters is 1. The summed E-state index contributed by atoms with van der Waals surface area (Å²) in [6, 6.07) is 8.18. The van der Waals surface area contributed by atoms with E-state index >= 15 is 0 Å². The Labute approximate surface area is 203 Å². The van der Waals surface area contributed by atoms with Gasteiger partial charge in [0.1, 0.15) is 5.75 Å². The van der Waals surface area contributed by atoms with E-state index in [0.29, 0.717) is 23.2 Å². The molecule has 0 bridgehead atoms. The topological polar surface area (TPSA) is 35.5 Å². The van der Waals surface area contributed by atoms with Gasteiger partial charge in [-0.05, 0) is 112 Å². The first-order chi connectivity index (χ1) is 15.6.